The maximum absolute atomic E-state index is 12.8. The lowest BCUT2D eigenvalue weighted by molar-refractivity contribution is 0.0566. The van der Waals surface area contributed by atoms with Crippen LogP contribution in [0.2, 0.25) is 0 Å². The Morgan fingerprint density at radius 3 is 2.34 bits per heavy atom. The predicted molar refractivity (Wildman–Crippen MR) is 108 cm³/mol. The molecule has 1 aromatic carbocycles. The van der Waals surface area contributed by atoms with Crippen molar-refractivity contribution in [3.05, 3.63) is 59.4 Å². The zero-order valence-electron chi connectivity index (χ0n) is 16.6. The molecule has 1 N–H and O–H groups in total. The molecular weight excluding hydrogens is 372 g/mol. The number of nitrogens with one attached hydrogen (secondary N) is 1. The third-order valence-corrected chi connectivity index (χ3v) is 4.64. The molecule has 0 unspecified atom stereocenters. The first-order valence-electron chi connectivity index (χ1n) is 9.53. The van der Waals surface area contributed by atoms with Gasteiger partial charge in [0.1, 0.15) is 5.69 Å². The minimum absolute atomic E-state index is 0.200. The van der Waals surface area contributed by atoms with Crippen LogP contribution in [0.1, 0.15) is 33.3 Å². The second kappa shape index (κ2) is 9.18. The van der Waals surface area contributed by atoms with Crippen molar-refractivity contribution < 1.29 is 19.1 Å². The van der Waals surface area contributed by atoms with Gasteiger partial charge in [0.2, 0.25) is 0 Å². The standard InChI is InChI=1S/C21H24N4O4/c1-3-29-21(28)25-12-10-24(11-13-25)20(27)18-14-16(8-9-22-18)19(26)23-17-6-4-15(2)5-7-17/h4-9,14H,3,10-13H2,1-2H3,(H,23,26). The van der Waals surface area contributed by atoms with Crippen LogP contribution in [0.15, 0.2) is 42.6 Å². The van der Waals surface area contributed by atoms with Gasteiger partial charge in [-0.15, -0.1) is 0 Å². The van der Waals surface area contributed by atoms with E-state index in [1.807, 2.05) is 31.2 Å². The Balaban J connectivity index is 1.63. The van der Waals surface area contributed by atoms with Gasteiger partial charge in [0.25, 0.3) is 11.8 Å². The molecule has 3 amide bonds. The van der Waals surface area contributed by atoms with E-state index in [0.29, 0.717) is 44.0 Å². The molecule has 8 heteroatoms. The van der Waals surface area contributed by atoms with Crippen molar-refractivity contribution in [3.8, 4) is 0 Å². The van der Waals surface area contributed by atoms with Gasteiger partial charge >= 0.3 is 6.09 Å². The Bertz CT molecular complexity index is 890. The van der Waals surface area contributed by atoms with E-state index >= 15 is 0 Å². The van der Waals surface area contributed by atoms with E-state index in [-0.39, 0.29) is 23.6 Å². The topological polar surface area (TPSA) is 91.8 Å². The van der Waals surface area contributed by atoms with Crippen LogP contribution < -0.4 is 5.32 Å². The molecule has 0 radical (unpaired) electrons. The van der Waals surface area contributed by atoms with Crippen LogP contribution in [0.5, 0.6) is 0 Å². The van der Waals surface area contributed by atoms with Crippen LogP contribution in [0.3, 0.4) is 0 Å². The van der Waals surface area contributed by atoms with E-state index in [1.165, 1.54) is 12.3 Å². The van der Waals surface area contributed by atoms with E-state index in [2.05, 4.69) is 10.3 Å². The molecule has 2 aromatic rings. The largest absolute Gasteiger partial charge is 0.450 e. The number of amides is 3. The number of benzene rings is 1. The van der Waals surface area contributed by atoms with Crippen LogP contribution in [-0.2, 0) is 4.74 Å². The van der Waals surface area contributed by atoms with Gasteiger partial charge in [-0.2, -0.15) is 0 Å². The number of aromatic nitrogens is 1. The molecule has 0 spiro atoms. The minimum Gasteiger partial charge on any atom is -0.450 e. The third-order valence-electron chi connectivity index (χ3n) is 4.64. The van der Waals surface area contributed by atoms with E-state index < -0.39 is 0 Å². The van der Waals surface area contributed by atoms with Crippen LogP contribution in [-0.4, -0.2) is 65.5 Å². The summed E-state index contributed by atoms with van der Waals surface area (Å²) in [5.74, 6) is -0.573. The summed E-state index contributed by atoms with van der Waals surface area (Å²) in [7, 11) is 0. The molecular formula is C21H24N4O4. The number of piperazine rings is 1. The summed E-state index contributed by atoms with van der Waals surface area (Å²) in [4.78, 5) is 44.4. The van der Waals surface area contributed by atoms with E-state index in [4.69, 9.17) is 4.74 Å². The lowest BCUT2D eigenvalue weighted by atomic mass is 10.1. The van der Waals surface area contributed by atoms with Crippen molar-refractivity contribution in [2.24, 2.45) is 0 Å². The fraction of sp³-hybridized carbons (Fsp3) is 0.333. The molecule has 2 heterocycles. The highest BCUT2D eigenvalue weighted by atomic mass is 16.6. The molecule has 1 saturated heterocycles. The number of anilines is 1. The highest BCUT2D eigenvalue weighted by molar-refractivity contribution is 6.05. The second-order valence-electron chi connectivity index (χ2n) is 6.73. The minimum atomic E-state index is -0.368. The SMILES string of the molecule is CCOC(=O)N1CCN(C(=O)c2cc(C(=O)Nc3ccc(C)cc3)ccn2)CC1. The fourth-order valence-corrected chi connectivity index (χ4v) is 3.00. The highest BCUT2D eigenvalue weighted by Gasteiger charge is 2.26. The van der Waals surface area contributed by atoms with Crippen LogP contribution in [0.4, 0.5) is 10.5 Å². The molecule has 0 atom stereocenters. The fourth-order valence-electron chi connectivity index (χ4n) is 3.00. The summed E-state index contributed by atoms with van der Waals surface area (Å²) < 4.78 is 4.99. The molecule has 0 aliphatic carbocycles. The van der Waals surface area contributed by atoms with Crippen molar-refractivity contribution >= 4 is 23.6 Å². The molecule has 152 valence electrons. The molecule has 29 heavy (non-hydrogen) atoms. The van der Waals surface area contributed by atoms with E-state index in [9.17, 15) is 14.4 Å². The van der Waals surface area contributed by atoms with Gasteiger partial charge in [-0.1, -0.05) is 17.7 Å². The van der Waals surface area contributed by atoms with Crippen molar-refractivity contribution in [1.82, 2.24) is 14.8 Å². The maximum Gasteiger partial charge on any atom is 0.409 e. The van der Waals surface area contributed by atoms with Crippen LogP contribution in [0, 0.1) is 6.92 Å². The Kier molecular flexibility index (Phi) is 6.43. The number of pyridine rings is 1. The first-order chi connectivity index (χ1) is 14.0. The molecule has 0 saturated carbocycles. The van der Waals surface area contributed by atoms with E-state index in [0.717, 1.165) is 5.56 Å². The van der Waals surface area contributed by atoms with Crippen LogP contribution >= 0.6 is 0 Å². The number of rotatable bonds is 4. The molecule has 0 bridgehead atoms. The Hall–Kier alpha value is -3.42. The molecule has 1 aromatic heterocycles. The van der Waals surface area contributed by atoms with Crippen molar-refractivity contribution in [3.63, 3.8) is 0 Å². The number of carbonyl (C=O) groups excluding carboxylic acids is 3. The van der Waals surface area contributed by atoms with Gasteiger partial charge in [0, 0.05) is 43.6 Å². The zero-order chi connectivity index (χ0) is 20.8. The molecule has 3 rings (SSSR count). The summed E-state index contributed by atoms with van der Waals surface area (Å²) in [6.07, 6.45) is 1.08. The highest BCUT2D eigenvalue weighted by Crippen LogP contribution is 2.13. The summed E-state index contributed by atoms with van der Waals surface area (Å²) in [5, 5.41) is 2.81. The van der Waals surface area contributed by atoms with Gasteiger partial charge in [0.15, 0.2) is 0 Å². The number of nitrogens with zero attached hydrogens (tertiary/aromatic N) is 3. The zero-order valence-corrected chi connectivity index (χ0v) is 16.6. The van der Waals surface area contributed by atoms with Gasteiger partial charge in [-0.25, -0.2) is 4.79 Å². The quantitative estimate of drug-likeness (QED) is 0.858. The second-order valence-corrected chi connectivity index (χ2v) is 6.73. The van der Waals surface area contributed by atoms with Crippen LogP contribution in [0.25, 0.3) is 0 Å². The third kappa shape index (κ3) is 5.10. The smallest absolute Gasteiger partial charge is 0.409 e. The summed E-state index contributed by atoms with van der Waals surface area (Å²) >= 11 is 0. The van der Waals surface area contributed by atoms with Gasteiger partial charge in [0.05, 0.1) is 6.61 Å². The predicted octanol–water partition coefficient (Wildman–Crippen LogP) is 2.56. The normalized spacial score (nSPS) is 13.7. The Labute approximate surface area is 169 Å². The monoisotopic (exact) mass is 396 g/mol. The molecule has 1 aliphatic heterocycles. The molecule has 1 fully saturated rings. The number of aryl methyl sites for hydroxylation is 1. The Morgan fingerprint density at radius 1 is 1.03 bits per heavy atom. The first kappa shape index (κ1) is 20.3. The summed E-state index contributed by atoms with van der Waals surface area (Å²) in [6.45, 7) is 5.62. The van der Waals surface area contributed by atoms with E-state index in [1.54, 1.807) is 22.8 Å². The van der Waals surface area contributed by atoms with Crippen molar-refractivity contribution in [1.29, 1.82) is 0 Å². The van der Waals surface area contributed by atoms with Gasteiger partial charge < -0.3 is 19.9 Å². The lowest BCUT2D eigenvalue weighted by Crippen LogP contribution is -2.50. The number of hydrogen-bond donors (Lipinski definition) is 1. The molecule has 1 aliphatic rings. The van der Waals surface area contributed by atoms with Crippen molar-refractivity contribution in [2.75, 3.05) is 38.1 Å². The number of hydrogen-bond acceptors (Lipinski definition) is 5. The Morgan fingerprint density at radius 2 is 1.69 bits per heavy atom. The van der Waals surface area contributed by atoms with Gasteiger partial charge in [-0.05, 0) is 38.1 Å². The number of carbonyl (C=O) groups is 3. The van der Waals surface area contributed by atoms with Crippen molar-refractivity contribution in [2.45, 2.75) is 13.8 Å². The summed E-state index contributed by atoms with van der Waals surface area (Å²) in [5.41, 5.74) is 2.34. The average Bonchev–Trinajstić information content (AvgIpc) is 2.75. The number of ether oxygens (including phenoxy) is 1. The first-order valence-corrected chi connectivity index (χ1v) is 9.53. The summed E-state index contributed by atoms with van der Waals surface area (Å²) in [6, 6.07) is 10.5. The maximum atomic E-state index is 12.8. The van der Waals surface area contributed by atoms with Gasteiger partial charge in [-0.3, -0.25) is 14.6 Å². The lowest BCUT2D eigenvalue weighted by Gasteiger charge is -2.33. The average molecular weight is 396 g/mol. The molecule has 8 nitrogen and oxygen atoms in total.